The Hall–Kier alpha value is -2.87. The molecule has 0 unspecified atom stereocenters. The number of likely N-dealkylation sites (N-methyl/N-ethyl adjacent to an activating group) is 1. The van der Waals surface area contributed by atoms with Gasteiger partial charge in [-0.1, -0.05) is 54.4 Å². The minimum atomic E-state index is -3.73. The lowest BCUT2D eigenvalue weighted by atomic mass is 10.1. The van der Waals surface area contributed by atoms with Crippen molar-refractivity contribution >= 4 is 27.5 Å². The molecule has 0 spiro atoms. The zero-order chi connectivity index (χ0) is 24.1. The summed E-state index contributed by atoms with van der Waals surface area (Å²) in [5.41, 5.74) is 4.16. The van der Waals surface area contributed by atoms with Crippen molar-refractivity contribution < 1.29 is 18.0 Å². The van der Waals surface area contributed by atoms with Crippen molar-refractivity contribution in [3.8, 4) is 0 Å². The molecule has 174 valence electrons. The lowest BCUT2D eigenvalue weighted by Crippen LogP contribution is -2.51. The van der Waals surface area contributed by atoms with Crippen LogP contribution in [0.5, 0.6) is 0 Å². The number of sulfonamides is 1. The maximum atomic E-state index is 13.5. The lowest BCUT2D eigenvalue weighted by molar-refractivity contribution is -0.140. The van der Waals surface area contributed by atoms with Crippen molar-refractivity contribution in [2.24, 2.45) is 0 Å². The van der Waals surface area contributed by atoms with Gasteiger partial charge in [-0.15, -0.1) is 0 Å². The summed E-state index contributed by atoms with van der Waals surface area (Å²) in [4.78, 5) is 27.5. The Kier molecular flexibility index (Phi) is 8.44. The minimum absolute atomic E-state index is 0.204. The number of anilines is 1. The summed E-state index contributed by atoms with van der Waals surface area (Å²) in [5.74, 6) is -0.725. The van der Waals surface area contributed by atoms with Gasteiger partial charge in [0.1, 0.15) is 12.6 Å². The maximum absolute atomic E-state index is 13.5. The van der Waals surface area contributed by atoms with E-state index in [1.165, 1.54) is 11.9 Å². The molecule has 2 aromatic rings. The average molecular weight is 460 g/mol. The van der Waals surface area contributed by atoms with E-state index < -0.39 is 22.0 Å². The van der Waals surface area contributed by atoms with E-state index in [1.807, 2.05) is 64.1 Å². The summed E-state index contributed by atoms with van der Waals surface area (Å²) < 4.78 is 26.4. The van der Waals surface area contributed by atoms with Gasteiger partial charge < -0.3 is 10.2 Å². The van der Waals surface area contributed by atoms with Crippen molar-refractivity contribution in [3.05, 3.63) is 64.7 Å². The first-order valence-corrected chi connectivity index (χ1v) is 12.4. The van der Waals surface area contributed by atoms with Crippen LogP contribution >= 0.6 is 0 Å². The molecule has 0 fully saturated rings. The summed E-state index contributed by atoms with van der Waals surface area (Å²) in [7, 11) is -2.21. The highest BCUT2D eigenvalue weighted by molar-refractivity contribution is 7.92. The van der Waals surface area contributed by atoms with Crippen LogP contribution < -0.4 is 9.62 Å². The van der Waals surface area contributed by atoms with E-state index in [9.17, 15) is 18.0 Å². The van der Waals surface area contributed by atoms with Gasteiger partial charge in [-0.25, -0.2) is 8.42 Å². The summed E-state index contributed by atoms with van der Waals surface area (Å²) >= 11 is 0. The number of nitrogens with one attached hydrogen (secondary N) is 1. The van der Waals surface area contributed by atoms with Crippen LogP contribution in [0.2, 0.25) is 0 Å². The molecule has 2 aromatic carbocycles. The quantitative estimate of drug-likeness (QED) is 0.625. The maximum Gasteiger partial charge on any atom is 0.244 e. The summed E-state index contributed by atoms with van der Waals surface area (Å²) in [5, 5.41) is 2.61. The van der Waals surface area contributed by atoms with Gasteiger partial charge in [-0.3, -0.25) is 13.9 Å². The largest absolute Gasteiger partial charge is 0.357 e. The van der Waals surface area contributed by atoms with Crippen LogP contribution in [0, 0.1) is 20.8 Å². The van der Waals surface area contributed by atoms with Crippen molar-refractivity contribution in [1.29, 1.82) is 0 Å². The molecule has 8 heteroatoms. The molecule has 32 heavy (non-hydrogen) atoms. The van der Waals surface area contributed by atoms with E-state index in [1.54, 1.807) is 6.07 Å². The van der Waals surface area contributed by atoms with Crippen LogP contribution in [-0.4, -0.2) is 51.0 Å². The third-order valence-electron chi connectivity index (χ3n) is 5.41. The van der Waals surface area contributed by atoms with Crippen LogP contribution in [-0.2, 0) is 26.2 Å². The first-order valence-electron chi connectivity index (χ1n) is 10.6. The monoisotopic (exact) mass is 459 g/mol. The Morgan fingerprint density at radius 3 is 2.09 bits per heavy atom. The van der Waals surface area contributed by atoms with Crippen LogP contribution in [0.1, 0.15) is 35.6 Å². The van der Waals surface area contributed by atoms with Crippen LogP contribution in [0.25, 0.3) is 0 Å². The average Bonchev–Trinajstić information content (AvgIpc) is 2.72. The zero-order valence-corrected chi connectivity index (χ0v) is 20.5. The van der Waals surface area contributed by atoms with Gasteiger partial charge in [-0.2, -0.15) is 0 Å². The fraction of sp³-hybridized carbons (Fsp3) is 0.417. The number of aryl methyl sites for hydroxylation is 3. The topological polar surface area (TPSA) is 86.8 Å². The van der Waals surface area contributed by atoms with Crippen molar-refractivity contribution in [1.82, 2.24) is 10.2 Å². The van der Waals surface area contributed by atoms with Gasteiger partial charge in [0.2, 0.25) is 21.8 Å². The molecule has 0 heterocycles. The molecule has 0 bridgehead atoms. The molecule has 0 aliphatic heterocycles. The second kappa shape index (κ2) is 10.6. The lowest BCUT2D eigenvalue weighted by Gasteiger charge is -2.33. The molecule has 2 rings (SSSR count). The van der Waals surface area contributed by atoms with Gasteiger partial charge >= 0.3 is 0 Å². The Morgan fingerprint density at radius 2 is 1.59 bits per heavy atom. The third kappa shape index (κ3) is 6.32. The van der Waals surface area contributed by atoms with Gasteiger partial charge in [0, 0.05) is 13.6 Å². The van der Waals surface area contributed by atoms with Crippen molar-refractivity contribution in [3.63, 3.8) is 0 Å². The fourth-order valence-electron chi connectivity index (χ4n) is 3.66. The van der Waals surface area contributed by atoms with E-state index in [0.29, 0.717) is 12.1 Å². The first-order chi connectivity index (χ1) is 15.0. The number of carbonyl (C=O) groups excluding carboxylic acids is 2. The number of amides is 2. The normalized spacial score (nSPS) is 12.2. The number of nitrogens with zero attached hydrogens (tertiary/aromatic N) is 2. The Labute approximate surface area is 191 Å². The number of carbonyl (C=O) groups is 2. The van der Waals surface area contributed by atoms with E-state index in [4.69, 9.17) is 0 Å². The molecule has 0 saturated heterocycles. The molecule has 0 radical (unpaired) electrons. The molecule has 0 aromatic heterocycles. The van der Waals surface area contributed by atoms with E-state index in [-0.39, 0.29) is 19.0 Å². The number of hydrogen-bond acceptors (Lipinski definition) is 4. The molecule has 1 atom stereocenters. The molecular weight excluding hydrogens is 426 g/mol. The SMILES string of the molecule is CC[C@@H](C(=O)NC)N(Cc1ccc(C)cc1)C(=O)CN(c1ccc(C)cc1C)S(C)(=O)=O. The molecule has 2 amide bonds. The highest BCUT2D eigenvalue weighted by atomic mass is 32.2. The third-order valence-corrected chi connectivity index (χ3v) is 6.53. The minimum Gasteiger partial charge on any atom is -0.357 e. The Balaban J connectivity index is 2.45. The summed E-state index contributed by atoms with van der Waals surface area (Å²) in [6, 6.07) is 12.4. The van der Waals surface area contributed by atoms with Gasteiger partial charge in [0.05, 0.1) is 11.9 Å². The van der Waals surface area contributed by atoms with Crippen LogP contribution in [0.15, 0.2) is 42.5 Å². The van der Waals surface area contributed by atoms with Gasteiger partial charge in [-0.05, 0) is 44.4 Å². The van der Waals surface area contributed by atoms with Crippen LogP contribution in [0.4, 0.5) is 5.69 Å². The summed E-state index contributed by atoms with van der Waals surface area (Å²) in [6.07, 6.45) is 1.49. The zero-order valence-electron chi connectivity index (χ0n) is 19.7. The number of rotatable bonds is 9. The number of hydrogen-bond donors (Lipinski definition) is 1. The van der Waals surface area contributed by atoms with Gasteiger partial charge in [0.25, 0.3) is 0 Å². The Bertz CT molecular complexity index is 1070. The van der Waals surface area contributed by atoms with E-state index in [2.05, 4.69) is 5.32 Å². The highest BCUT2D eigenvalue weighted by Crippen LogP contribution is 2.24. The molecule has 0 saturated carbocycles. The van der Waals surface area contributed by atoms with Crippen LogP contribution in [0.3, 0.4) is 0 Å². The molecule has 1 N–H and O–H groups in total. The van der Waals surface area contributed by atoms with E-state index >= 15 is 0 Å². The second-order valence-corrected chi connectivity index (χ2v) is 10.0. The smallest absolute Gasteiger partial charge is 0.244 e. The predicted octanol–water partition coefficient (Wildman–Crippen LogP) is 2.93. The highest BCUT2D eigenvalue weighted by Gasteiger charge is 2.31. The first kappa shape index (κ1) is 25.4. The van der Waals surface area contributed by atoms with Crippen molar-refractivity contribution in [2.45, 2.75) is 46.7 Å². The molecule has 7 nitrogen and oxygen atoms in total. The molecule has 0 aliphatic carbocycles. The summed E-state index contributed by atoms with van der Waals surface area (Å²) in [6.45, 7) is 7.35. The molecular formula is C24H33N3O4S. The Morgan fingerprint density at radius 1 is 1.00 bits per heavy atom. The van der Waals surface area contributed by atoms with Gasteiger partial charge in [0.15, 0.2) is 0 Å². The molecule has 0 aliphatic rings. The fourth-order valence-corrected chi connectivity index (χ4v) is 4.56. The van der Waals surface area contributed by atoms with E-state index in [0.717, 1.165) is 32.8 Å². The second-order valence-electron chi connectivity index (χ2n) is 8.11. The van der Waals surface area contributed by atoms with Crippen molar-refractivity contribution in [2.75, 3.05) is 24.2 Å². The standard InChI is InChI=1S/C24H33N3O4S/c1-7-21(24(29)25-5)26(15-20-11-8-17(2)9-12-20)23(28)16-27(32(6,30)31)22-13-10-18(3)14-19(22)4/h8-14,21H,7,15-16H2,1-6H3,(H,25,29)/t21-/m0/s1. The number of benzene rings is 2. The predicted molar refractivity (Wildman–Crippen MR) is 128 cm³/mol.